The van der Waals surface area contributed by atoms with Gasteiger partial charge < -0.3 is 9.31 Å². The molecule has 0 amide bonds. The van der Waals surface area contributed by atoms with Crippen molar-refractivity contribution in [3.63, 3.8) is 0 Å². The molecule has 0 bridgehead atoms. The monoisotopic (exact) mass is 607 g/mol. The standard InChI is InChI=1S/C17H20BNO2.C8H8BrI.CH4/c1-16(2)17(3,4)21-18(20-16)14-10-8-13(9-11-14)15-7-5-6-12-19-15;1-5-3-7(9)8(10)4-6(5)2;/h5-12H,1-4H3;3-4H,1-2H3;1H4. The highest BCUT2D eigenvalue weighted by atomic mass is 127. The molecule has 1 saturated heterocycles. The molecule has 0 aliphatic carbocycles. The van der Waals surface area contributed by atoms with Gasteiger partial charge in [-0.05, 0) is 121 Å². The molecule has 2 heterocycles. The molecular weight excluding hydrogens is 576 g/mol. The third kappa shape index (κ3) is 6.22. The van der Waals surface area contributed by atoms with Gasteiger partial charge in [0.1, 0.15) is 0 Å². The van der Waals surface area contributed by atoms with E-state index in [-0.39, 0.29) is 25.7 Å². The van der Waals surface area contributed by atoms with Crippen LogP contribution in [0.4, 0.5) is 0 Å². The zero-order valence-corrected chi connectivity index (χ0v) is 22.6. The minimum Gasteiger partial charge on any atom is -0.399 e. The Balaban J connectivity index is 0.000000280. The van der Waals surface area contributed by atoms with Crippen molar-refractivity contribution >= 4 is 51.1 Å². The van der Waals surface area contributed by atoms with Crippen molar-refractivity contribution in [1.29, 1.82) is 0 Å². The summed E-state index contributed by atoms with van der Waals surface area (Å²) in [6, 6.07) is 18.5. The molecule has 0 radical (unpaired) electrons. The molecule has 3 nitrogen and oxygen atoms in total. The fourth-order valence-electron chi connectivity index (χ4n) is 3.07. The van der Waals surface area contributed by atoms with Gasteiger partial charge in [0, 0.05) is 19.8 Å². The van der Waals surface area contributed by atoms with Crippen LogP contribution in [0.5, 0.6) is 0 Å². The summed E-state index contributed by atoms with van der Waals surface area (Å²) in [7, 11) is -0.312. The molecule has 0 unspecified atom stereocenters. The molecule has 1 aliphatic heterocycles. The van der Waals surface area contributed by atoms with Crippen LogP contribution >= 0.6 is 38.5 Å². The number of aryl methyl sites for hydroxylation is 2. The van der Waals surface area contributed by atoms with E-state index in [0.29, 0.717) is 0 Å². The minimum absolute atomic E-state index is 0. The number of halogens is 2. The average Bonchev–Trinajstić information content (AvgIpc) is 2.95. The molecule has 0 atom stereocenters. The number of rotatable bonds is 2. The SMILES string of the molecule is C.CC1(C)OB(c2ccc(-c3ccccn3)cc2)OC1(C)C.Cc1cc(Br)c(I)cc1C. The first-order valence-electron chi connectivity index (χ1n) is 10.3. The van der Waals surface area contributed by atoms with Crippen LogP contribution in [0, 0.1) is 17.4 Å². The number of aromatic nitrogens is 1. The van der Waals surface area contributed by atoms with E-state index in [2.05, 4.69) is 109 Å². The molecule has 32 heavy (non-hydrogen) atoms. The molecule has 6 heteroatoms. The van der Waals surface area contributed by atoms with Crippen LogP contribution in [0.2, 0.25) is 0 Å². The van der Waals surface area contributed by atoms with Crippen molar-refractivity contribution in [2.45, 2.75) is 60.2 Å². The highest BCUT2D eigenvalue weighted by Gasteiger charge is 2.51. The third-order valence-corrected chi connectivity index (χ3v) is 8.22. The number of nitrogens with zero attached hydrogens (tertiary/aromatic N) is 1. The molecule has 1 aromatic heterocycles. The van der Waals surface area contributed by atoms with Crippen LogP contribution in [0.1, 0.15) is 46.2 Å². The Kier molecular flexibility index (Phi) is 9.13. The van der Waals surface area contributed by atoms with Gasteiger partial charge in [0.05, 0.1) is 16.9 Å². The molecule has 0 spiro atoms. The number of benzene rings is 2. The summed E-state index contributed by atoms with van der Waals surface area (Å²) >= 11 is 5.79. The second kappa shape index (κ2) is 10.8. The average molecular weight is 608 g/mol. The second-order valence-corrected chi connectivity index (χ2v) is 10.8. The lowest BCUT2D eigenvalue weighted by Gasteiger charge is -2.32. The Hall–Kier alpha value is -1.22. The van der Waals surface area contributed by atoms with Gasteiger partial charge in [0.25, 0.3) is 0 Å². The number of hydrogen-bond donors (Lipinski definition) is 0. The summed E-state index contributed by atoms with van der Waals surface area (Å²) in [6.07, 6.45) is 1.80. The normalized spacial score (nSPS) is 16.1. The van der Waals surface area contributed by atoms with E-state index in [0.717, 1.165) is 16.7 Å². The van der Waals surface area contributed by atoms with Crippen molar-refractivity contribution in [3.05, 3.63) is 80.0 Å². The minimum atomic E-state index is -0.312. The summed E-state index contributed by atoms with van der Waals surface area (Å²) in [5.74, 6) is 0. The predicted molar refractivity (Wildman–Crippen MR) is 148 cm³/mol. The Labute approximate surface area is 215 Å². The highest BCUT2D eigenvalue weighted by molar-refractivity contribution is 14.1. The zero-order valence-electron chi connectivity index (χ0n) is 18.9. The van der Waals surface area contributed by atoms with Gasteiger partial charge >= 0.3 is 7.12 Å². The van der Waals surface area contributed by atoms with Crippen LogP contribution < -0.4 is 5.46 Å². The summed E-state index contributed by atoms with van der Waals surface area (Å²) < 4.78 is 14.6. The Bertz CT molecular complexity index is 973. The second-order valence-electron chi connectivity index (χ2n) is 8.78. The summed E-state index contributed by atoms with van der Waals surface area (Å²) in [5.41, 5.74) is 5.18. The van der Waals surface area contributed by atoms with Gasteiger partial charge in [-0.25, -0.2) is 0 Å². The van der Waals surface area contributed by atoms with Crippen molar-refractivity contribution in [2.24, 2.45) is 0 Å². The van der Waals surface area contributed by atoms with Gasteiger partial charge in [-0.2, -0.15) is 0 Å². The Morgan fingerprint density at radius 1 is 0.875 bits per heavy atom. The smallest absolute Gasteiger partial charge is 0.399 e. The van der Waals surface area contributed by atoms with E-state index < -0.39 is 0 Å². The van der Waals surface area contributed by atoms with E-state index in [1.165, 1.54) is 19.2 Å². The molecular formula is C26H32BBrINO2. The summed E-state index contributed by atoms with van der Waals surface area (Å²) in [4.78, 5) is 4.36. The number of pyridine rings is 1. The fourth-order valence-corrected chi connectivity index (χ4v) is 4.15. The lowest BCUT2D eigenvalue weighted by Crippen LogP contribution is -2.41. The van der Waals surface area contributed by atoms with Gasteiger partial charge in [-0.3, -0.25) is 4.98 Å². The third-order valence-electron chi connectivity index (χ3n) is 5.93. The first-order chi connectivity index (χ1) is 14.5. The summed E-state index contributed by atoms with van der Waals surface area (Å²) in [5, 5.41) is 0. The van der Waals surface area contributed by atoms with E-state index in [1.54, 1.807) is 6.20 Å². The first kappa shape index (κ1) is 27.0. The van der Waals surface area contributed by atoms with Crippen LogP contribution in [0.25, 0.3) is 11.3 Å². The van der Waals surface area contributed by atoms with Crippen molar-refractivity contribution in [3.8, 4) is 11.3 Å². The molecule has 170 valence electrons. The molecule has 0 saturated carbocycles. The van der Waals surface area contributed by atoms with E-state index in [9.17, 15) is 0 Å². The van der Waals surface area contributed by atoms with Crippen LogP contribution in [-0.4, -0.2) is 23.3 Å². The summed E-state index contributed by atoms with van der Waals surface area (Å²) in [6.45, 7) is 12.5. The van der Waals surface area contributed by atoms with Gasteiger partial charge in [-0.15, -0.1) is 0 Å². The van der Waals surface area contributed by atoms with Gasteiger partial charge in [-0.1, -0.05) is 37.8 Å². The van der Waals surface area contributed by atoms with E-state index in [4.69, 9.17) is 9.31 Å². The van der Waals surface area contributed by atoms with Crippen molar-refractivity contribution in [2.75, 3.05) is 0 Å². The fraction of sp³-hybridized carbons (Fsp3) is 0.346. The highest BCUT2D eigenvalue weighted by Crippen LogP contribution is 2.36. The largest absolute Gasteiger partial charge is 0.494 e. The molecule has 3 aromatic rings. The Morgan fingerprint density at radius 2 is 1.44 bits per heavy atom. The van der Waals surface area contributed by atoms with Crippen molar-refractivity contribution < 1.29 is 9.31 Å². The van der Waals surface area contributed by atoms with Gasteiger partial charge in [0.2, 0.25) is 0 Å². The molecule has 1 aliphatic rings. The predicted octanol–water partition coefficient (Wildman–Crippen LogP) is 7.35. The van der Waals surface area contributed by atoms with E-state index >= 15 is 0 Å². The van der Waals surface area contributed by atoms with Crippen LogP contribution in [0.3, 0.4) is 0 Å². The maximum atomic E-state index is 6.06. The van der Waals surface area contributed by atoms with Crippen LogP contribution in [-0.2, 0) is 9.31 Å². The maximum absolute atomic E-state index is 6.06. The molecule has 1 fully saturated rings. The molecule has 2 aromatic carbocycles. The van der Waals surface area contributed by atoms with Gasteiger partial charge in [0.15, 0.2) is 0 Å². The van der Waals surface area contributed by atoms with Crippen molar-refractivity contribution in [1.82, 2.24) is 4.98 Å². The maximum Gasteiger partial charge on any atom is 0.494 e. The lowest BCUT2D eigenvalue weighted by atomic mass is 9.79. The topological polar surface area (TPSA) is 31.4 Å². The zero-order chi connectivity index (χ0) is 22.8. The lowest BCUT2D eigenvalue weighted by molar-refractivity contribution is 0.00578. The molecule has 0 N–H and O–H groups in total. The van der Waals surface area contributed by atoms with E-state index in [1.807, 2.05) is 30.3 Å². The number of hydrogen-bond acceptors (Lipinski definition) is 3. The quantitative estimate of drug-likeness (QED) is 0.225. The Morgan fingerprint density at radius 3 is 1.94 bits per heavy atom. The molecule has 4 rings (SSSR count). The van der Waals surface area contributed by atoms with Crippen LogP contribution in [0.15, 0.2) is 65.3 Å². The first-order valence-corrected chi connectivity index (χ1v) is 12.2.